The summed E-state index contributed by atoms with van der Waals surface area (Å²) in [6.45, 7) is 0.385. The SMILES string of the molecule is COC(=O)C[C@H](NC(=O)CCn1ccnc1)C(=O)O. The summed E-state index contributed by atoms with van der Waals surface area (Å²) in [6.07, 6.45) is 4.52. The van der Waals surface area contributed by atoms with Crippen molar-refractivity contribution in [1.82, 2.24) is 14.9 Å². The standard InChI is InChI=1S/C11H15N3O5/c1-19-10(16)6-8(11(17)18)13-9(15)2-4-14-5-3-12-7-14/h3,5,7-8H,2,4,6H2,1H3,(H,13,15)(H,17,18)/t8-/m0/s1. The first-order valence-corrected chi connectivity index (χ1v) is 5.57. The number of hydrogen-bond acceptors (Lipinski definition) is 5. The highest BCUT2D eigenvalue weighted by Crippen LogP contribution is 1.97. The van der Waals surface area contributed by atoms with E-state index in [4.69, 9.17) is 5.11 Å². The van der Waals surface area contributed by atoms with Gasteiger partial charge in [0.2, 0.25) is 5.91 Å². The predicted molar refractivity (Wildman–Crippen MR) is 63.0 cm³/mol. The monoisotopic (exact) mass is 269 g/mol. The molecule has 2 N–H and O–H groups in total. The van der Waals surface area contributed by atoms with Crippen molar-refractivity contribution < 1.29 is 24.2 Å². The van der Waals surface area contributed by atoms with Gasteiger partial charge in [-0.05, 0) is 0 Å². The Morgan fingerprint density at radius 3 is 2.74 bits per heavy atom. The van der Waals surface area contributed by atoms with Crippen LogP contribution in [0.2, 0.25) is 0 Å². The highest BCUT2D eigenvalue weighted by Gasteiger charge is 2.23. The van der Waals surface area contributed by atoms with Crippen molar-refractivity contribution in [1.29, 1.82) is 0 Å². The molecular formula is C11H15N3O5. The molecule has 0 aliphatic rings. The van der Waals surface area contributed by atoms with Crippen LogP contribution < -0.4 is 5.32 Å². The van der Waals surface area contributed by atoms with Gasteiger partial charge in [0.05, 0.1) is 19.9 Å². The summed E-state index contributed by atoms with van der Waals surface area (Å²) in [5, 5.41) is 11.2. The normalized spacial score (nSPS) is 11.6. The van der Waals surface area contributed by atoms with E-state index in [0.717, 1.165) is 7.11 Å². The molecule has 1 aromatic rings. The third-order valence-corrected chi connectivity index (χ3v) is 2.39. The largest absolute Gasteiger partial charge is 0.480 e. The Labute approximate surface area is 109 Å². The minimum atomic E-state index is -1.28. The van der Waals surface area contributed by atoms with Crippen LogP contribution in [-0.4, -0.2) is 45.7 Å². The van der Waals surface area contributed by atoms with Crippen molar-refractivity contribution >= 4 is 17.8 Å². The van der Waals surface area contributed by atoms with Gasteiger partial charge in [0, 0.05) is 25.4 Å². The quantitative estimate of drug-likeness (QED) is 0.640. The molecular weight excluding hydrogens is 254 g/mol. The molecule has 1 rings (SSSR count). The third kappa shape index (κ3) is 5.19. The second-order valence-electron chi connectivity index (χ2n) is 3.79. The van der Waals surface area contributed by atoms with Crippen molar-refractivity contribution in [3.05, 3.63) is 18.7 Å². The average molecular weight is 269 g/mol. The number of rotatable bonds is 7. The van der Waals surface area contributed by atoms with Gasteiger partial charge in [0.15, 0.2) is 0 Å². The molecule has 19 heavy (non-hydrogen) atoms. The molecule has 0 spiro atoms. The molecule has 0 unspecified atom stereocenters. The number of amides is 1. The summed E-state index contributed by atoms with van der Waals surface area (Å²) < 4.78 is 6.06. The minimum Gasteiger partial charge on any atom is -0.480 e. The molecule has 1 atom stereocenters. The summed E-state index contributed by atoms with van der Waals surface area (Å²) in [5.74, 6) is -2.42. The number of nitrogens with one attached hydrogen (secondary N) is 1. The number of carboxylic acids is 1. The van der Waals surface area contributed by atoms with Gasteiger partial charge in [0.25, 0.3) is 0 Å². The highest BCUT2D eigenvalue weighted by molar-refractivity contribution is 5.87. The van der Waals surface area contributed by atoms with Gasteiger partial charge in [-0.2, -0.15) is 0 Å². The smallest absolute Gasteiger partial charge is 0.326 e. The number of aliphatic carboxylic acids is 1. The number of carbonyl (C=O) groups is 3. The summed E-state index contributed by atoms with van der Waals surface area (Å²) in [6, 6.07) is -1.28. The van der Waals surface area contributed by atoms with Gasteiger partial charge in [-0.15, -0.1) is 0 Å². The van der Waals surface area contributed by atoms with Crippen LogP contribution in [-0.2, 0) is 25.7 Å². The van der Waals surface area contributed by atoms with Crippen LogP contribution in [0.1, 0.15) is 12.8 Å². The highest BCUT2D eigenvalue weighted by atomic mass is 16.5. The van der Waals surface area contributed by atoms with E-state index in [0.29, 0.717) is 6.54 Å². The van der Waals surface area contributed by atoms with Crippen LogP contribution in [0.3, 0.4) is 0 Å². The number of hydrogen-bond donors (Lipinski definition) is 2. The van der Waals surface area contributed by atoms with Crippen LogP contribution in [0.25, 0.3) is 0 Å². The summed E-state index contributed by atoms with van der Waals surface area (Å²) >= 11 is 0. The number of aromatic nitrogens is 2. The molecule has 0 aromatic carbocycles. The van der Waals surface area contributed by atoms with Gasteiger partial charge >= 0.3 is 11.9 Å². The van der Waals surface area contributed by atoms with Crippen molar-refractivity contribution in [2.45, 2.75) is 25.4 Å². The Balaban J connectivity index is 2.42. The molecule has 1 aromatic heterocycles. The lowest BCUT2D eigenvalue weighted by atomic mass is 10.2. The Morgan fingerprint density at radius 2 is 2.21 bits per heavy atom. The van der Waals surface area contributed by atoms with E-state index >= 15 is 0 Å². The topological polar surface area (TPSA) is 111 Å². The Bertz CT molecular complexity index is 443. The molecule has 1 heterocycles. The number of imidazole rings is 1. The zero-order valence-electron chi connectivity index (χ0n) is 10.4. The first kappa shape index (κ1) is 14.7. The first-order valence-electron chi connectivity index (χ1n) is 5.57. The predicted octanol–water partition coefficient (Wildman–Crippen LogP) is -0.594. The number of esters is 1. The number of methoxy groups -OCH3 is 1. The van der Waals surface area contributed by atoms with E-state index in [1.807, 2.05) is 0 Å². The van der Waals surface area contributed by atoms with Gasteiger partial charge in [-0.1, -0.05) is 0 Å². The molecule has 0 saturated carbocycles. The van der Waals surface area contributed by atoms with Gasteiger partial charge in [0.1, 0.15) is 6.04 Å². The molecule has 0 saturated heterocycles. The summed E-state index contributed by atoms with van der Waals surface area (Å²) in [5.41, 5.74) is 0. The van der Waals surface area contributed by atoms with Crippen LogP contribution >= 0.6 is 0 Å². The molecule has 8 nitrogen and oxygen atoms in total. The van der Waals surface area contributed by atoms with E-state index in [1.54, 1.807) is 23.3 Å². The van der Waals surface area contributed by atoms with Crippen molar-refractivity contribution in [2.24, 2.45) is 0 Å². The zero-order valence-corrected chi connectivity index (χ0v) is 10.4. The van der Waals surface area contributed by atoms with Crippen molar-refractivity contribution in [3.8, 4) is 0 Å². The van der Waals surface area contributed by atoms with Gasteiger partial charge in [-0.25, -0.2) is 9.78 Å². The second kappa shape index (κ2) is 7.14. The van der Waals surface area contributed by atoms with Crippen LogP contribution in [0.15, 0.2) is 18.7 Å². The zero-order chi connectivity index (χ0) is 14.3. The van der Waals surface area contributed by atoms with Crippen molar-refractivity contribution in [3.63, 3.8) is 0 Å². The van der Waals surface area contributed by atoms with Crippen LogP contribution in [0, 0.1) is 0 Å². The van der Waals surface area contributed by atoms with E-state index in [9.17, 15) is 14.4 Å². The fourth-order valence-electron chi connectivity index (χ4n) is 1.37. The lowest BCUT2D eigenvalue weighted by molar-refractivity contribution is -0.148. The number of ether oxygens (including phenoxy) is 1. The van der Waals surface area contributed by atoms with E-state index in [2.05, 4.69) is 15.0 Å². The van der Waals surface area contributed by atoms with Gasteiger partial charge in [-0.3, -0.25) is 9.59 Å². The second-order valence-corrected chi connectivity index (χ2v) is 3.79. The van der Waals surface area contributed by atoms with Crippen LogP contribution in [0.4, 0.5) is 0 Å². The molecule has 104 valence electrons. The van der Waals surface area contributed by atoms with E-state index in [-0.39, 0.29) is 6.42 Å². The molecule has 8 heteroatoms. The van der Waals surface area contributed by atoms with E-state index in [1.165, 1.54) is 0 Å². The minimum absolute atomic E-state index is 0.0985. The lowest BCUT2D eigenvalue weighted by Crippen LogP contribution is -2.42. The molecule has 1 amide bonds. The third-order valence-electron chi connectivity index (χ3n) is 2.39. The van der Waals surface area contributed by atoms with Gasteiger partial charge < -0.3 is 19.7 Å². The fourth-order valence-corrected chi connectivity index (χ4v) is 1.37. The lowest BCUT2D eigenvalue weighted by Gasteiger charge is -2.13. The molecule has 0 radical (unpaired) electrons. The number of nitrogens with zero attached hydrogens (tertiary/aromatic N) is 2. The maximum Gasteiger partial charge on any atom is 0.326 e. The summed E-state index contributed by atoms with van der Waals surface area (Å²) in [4.78, 5) is 37.3. The number of aryl methyl sites for hydroxylation is 1. The van der Waals surface area contributed by atoms with E-state index < -0.39 is 30.3 Å². The Morgan fingerprint density at radius 1 is 1.47 bits per heavy atom. The number of carbonyl (C=O) groups excluding carboxylic acids is 2. The molecule has 0 bridgehead atoms. The fraction of sp³-hybridized carbons (Fsp3) is 0.455. The molecule has 0 aliphatic heterocycles. The maximum atomic E-state index is 11.6. The van der Waals surface area contributed by atoms with Crippen LogP contribution in [0.5, 0.6) is 0 Å². The Kier molecular flexibility index (Phi) is 5.52. The molecule has 0 aliphatic carbocycles. The maximum absolute atomic E-state index is 11.6. The van der Waals surface area contributed by atoms with Crippen molar-refractivity contribution in [2.75, 3.05) is 7.11 Å². The average Bonchev–Trinajstić information content (AvgIpc) is 2.88. The summed E-state index contributed by atoms with van der Waals surface area (Å²) in [7, 11) is 1.15. The Hall–Kier alpha value is -2.38. The first-order chi connectivity index (χ1) is 9.02. The molecule has 0 fully saturated rings. The number of carboxylic acid groups (broad SMARTS) is 1.